The summed E-state index contributed by atoms with van der Waals surface area (Å²) in [5.74, 6) is -0.953. The van der Waals surface area contributed by atoms with Crippen molar-refractivity contribution in [2.75, 3.05) is 12.4 Å². The minimum atomic E-state index is -1.06. The van der Waals surface area contributed by atoms with Crippen LogP contribution in [0.25, 0.3) is 0 Å². The van der Waals surface area contributed by atoms with Crippen molar-refractivity contribution in [2.45, 2.75) is 0 Å². The quantitative estimate of drug-likeness (QED) is 0.904. The third kappa shape index (κ3) is 2.36. The van der Waals surface area contributed by atoms with Crippen LogP contribution in [0.4, 0.5) is 5.69 Å². The molecule has 2 rings (SSSR count). The van der Waals surface area contributed by atoms with Crippen molar-refractivity contribution in [3.05, 3.63) is 32.6 Å². The van der Waals surface area contributed by atoms with Gasteiger partial charge in [0.05, 0.1) is 12.8 Å². The molecule has 2 aromatic rings. The predicted molar refractivity (Wildman–Crippen MR) is 70.1 cm³/mol. The fourth-order valence-electron chi connectivity index (χ4n) is 1.38. The van der Waals surface area contributed by atoms with Gasteiger partial charge < -0.3 is 15.2 Å². The molecule has 2 N–H and O–H groups in total. The Morgan fingerprint density at radius 1 is 1.22 bits per heavy atom. The van der Waals surface area contributed by atoms with Gasteiger partial charge >= 0.3 is 5.97 Å². The number of thiophene rings is 2. The lowest BCUT2D eigenvalue weighted by Gasteiger charge is -2.04. The lowest BCUT2D eigenvalue weighted by Crippen LogP contribution is -2.12. The van der Waals surface area contributed by atoms with Crippen LogP contribution < -0.4 is 10.1 Å². The number of carboxylic acid groups (broad SMARTS) is 1. The molecule has 0 aliphatic rings. The monoisotopic (exact) mass is 283 g/mol. The molecule has 7 heteroatoms. The summed E-state index contributed by atoms with van der Waals surface area (Å²) in [6.45, 7) is 0. The Kier molecular flexibility index (Phi) is 3.63. The van der Waals surface area contributed by atoms with Crippen molar-refractivity contribution < 1.29 is 19.4 Å². The molecule has 0 atom stereocenters. The molecule has 0 aliphatic carbocycles. The predicted octanol–water partition coefficient (Wildman–Crippen LogP) is 2.77. The Hall–Kier alpha value is -1.86. The highest BCUT2D eigenvalue weighted by molar-refractivity contribution is 7.13. The number of hydrogen-bond donors (Lipinski definition) is 2. The highest BCUT2D eigenvalue weighted by Crippen LogP contribution is 2.27. The average molecular weight is 283 g/mol. The number of carbonyl (C=O) groups excluding carboxylic acids is 1. The summed E-state index contributed by atoms with van der Waals surface area (Å²) in [6.07, 6.45) is 0. The Morgan fingerprint density at radius 3 is 2.56 bits per heavy atom. The van der Waals surface area contributed by atoms with Crippen LogP contribution in [0.1, 0.15) is 19.3 Å². The molecule has 1 amide bonds. The fraction of sp³-hybridized carbons (Fsp3) is 0.0909. The van der Waals surface area contributed by atoms with Crippen molar-refractivity contribution in [2.24, 2.45) is 0 Å². The molecule has 0 saturated carbocycles. The zero-order valence-electron chi connectivity index (χ0n) is 9.30. The van der Waals surface area contributed by atoms with E-state index in [0.29, 0.717) is 16.3 Å². The van der Waals surface area contributed by atoms with Gasteiger partial charge in [0.1, 0.15) is 15.5 Å². The molecule has 18 heavy (non-hydrogen) atoms. The van der Waals surface area contributed by atoms with Crippen molar-refractivity contribution in [3.8, 4) is 5.75 Å². The summed E-state index contributed by atoms with van der Waals surface area (Å²) in [5, 5.41) is 14.9. The van der Waals surface area contributed by atoms with Gasteiger partial charge in [0.15, 0.2) is 0 Å². The Labute approximate surface area is 111 Å². The second-order valence-electron chi connectivity index (χ2n) is 3.24. The smallest absolute Gasteiger partial charge is 0.348 e. The van der Waals surface area contributed by atoms with E-state index < -0.39 is 5.97 Å². The second kappa shape index (κ2) is 5.19. The number of carboxylic acids is 1. The maximum atomic E-state index is 12.0. The number of hydrogen-bond acceptors (Lipinski definition) is 5. The fourth-order valence-corrected chi connectivity index (χ4v) is 2.82. The Balaban J connectivity index is 2.22. The van der Waals surface area contributed by atoms with Crippen molar-refractivity contribution in [1.29, 1.82) is 0 Å². The number of amides is 1. The van der Waals surface area contributed by atoms with E-state index >= 15 is 0 Å². The minimum absolute atomic E-state index is 0.110. The number of ether oxygens (including phenoxy) is 1. The van der Waals surface area contributed by atoms with Gasteiger partial charge in [0.2, 0.25) is 0 Å². The first-order chi connectivity index (χ1) is 8.63. The lowest BCUT2D eigenvalue weighted by molar-refractivity contribution is 0.0703. The number of aromatic carboxylic acids is 1. The molecule has 2 heterocycles. The van der Waals surface area contributed by atoms with E-state index in [-0.39, 0.29) is 10.8 Å². The van der Waals surface area contributed by atoms with E-state index in [4.69, 9.17) is 9.84 Å². The Bertz CT molecular complexity index is 587. The first-order valence-corrected chi connectivity index (χ1v) is 6.63. The van der Waals surface area contributed by atoms with Crippen LogP contribution in [0.3, 0.4) is 0 Å². The Morgan fingerprint density at radius 2 is 1.89 bits per heavy atom. The van der Waals surface area contributed by atoms with Gasteiger partial charge in [-0.15, -0.1) is 22.7 Å². The van der Waals surface area contributed by atoms with E-state index in [2.05, 4.69) is 5.32 Å². The molecule has 0 aliphatic heterocycles. The third-order valence-electron chi connectivity index (χ3n) is 2.16. The zero-order valence-corrected chi connectivity index (χ0v) is 10.9. The molecule has 0 fully saturated rings. The van der Waals surface area contributed by atoms with Gasteiger partial charge in [-0.3, -0.25) is 4.79 Å². The van der Waals surface area contributed by atoms with Crippen molar-refractivity contribution in [3.63, 3.8) is 0 Å². The molecule has 0 unspecified atom stereocenters. The normalized spacial score (nSPS) is 10.1. The first kappa shape index (κ1) is 12.6. The summed E-state index contributed by atoms with van der Waals surface area (Å²) in [5.41, 5.74) is 0.299. The molecule has 94 valence electrons. The highest BCUT2D eigenvalue weighted by atomic mass is 32.1. The SMILES string of the molecule is COc1ccsc1C(=O)Nc1ccsc1C(=O)O. The second-order valence-corrected chi connectivity index (χ2v) is 5.07. The maximum absolute atomic E-state index is 12.0. The van der Waals surface area contributed by atoms with Crippen molar-refractivity contribution >= 4 is 40.2 Å². The first-order valence-electron chi connectivity index (χ1n) is 4.87. The summed E-state index contributed by atoms with van der Waals surface area (Å²) in [7, 11) is 1.48. The molecular formula is C11H9NO4S2. The van der Waals surface area contributed by atoms with Crippen LogP contribution >= 0.6 is 22.7 Å². The summed E-state index contributed by atoms with van der Waals surface area (Å²) in [6, 6.07) is 3.25. The van der Waals surface area contributed by atoms with Gasteiger partial charge in [-0.2, -0.15) is 0 Å². The summed E-state index contributed by atoms with van der Waals surface area (Å²) < 4.78 is 5.04. The standard InChI is InChI=1S/C11H9NO4S2/c1-16-7-3-5-18-9(7)10(13)12-6-2-4-17-8(6)11(14)15/h2-5H,1H3,(H,12,13)(H,14,15). The molecule has 0 aromatic carbocycles. The van der Waals surface area contributed by atoms with Crippen LogP contribution in [0, 0.1) is 0 Å². The number of nitrogens with one attached hydrogen (secondary N) is 1. The van der Waals surface area contributed by atoms with Gasteiger partial charge in [-0.1, -0.05) is 0 Å². The van der Waals surface area contributed by atoms with Crippen molar-refractivity contribution in [1.82, 2.24) is 0 Å². The zero-order chi connectivity index (χ0) is 13.1. The van der Waals surface area contributed by atoms with E-state index in [1.165, 1.54) is 18.4 Å². The molecule has 0 saturated heterocycles. The van der Waals surface area contributed by atoms with Crippen LogP contribution in [0.2, 0.25) is 0 Å². The van der Waals surface area contributed by atoms with Crippen LogP contribution in [0.15, 0.2) is 22.9 Å². The highest BCUT2D eigenvalue weighted by Gasteiger charge is 2.18. The lowest BCUT2D eigenvalue weighted by atomic mass is 10.3. The van der Waals surface area contributed by atoms with Crippen LogP contribution in [0.5, 0.6) is 5.75 Å². The van der Waals surface area contributed by atoms with Gasteiger partial charge in [0.25, 0.3) is 5.91 Å². The van der Waals surface area contributed by atoms with Crippen LogP contribution in [-0.2, 0) is 0 Å². The maximum Gasteiger partial charge on any atom is 0.348 e. The van der Waals surface area contributed by atoms with E-state index in [0.717, 1.165) is 11.3 Å². The average Bonchev–Trinajstić information content (AvgIpc) is 2.96. The van der Waals surface area contributed by atoms with Gasteiger partial charge in [0, 0.05) is 0 Å². The number of anilines is 1. The van der Waals surface area contributed by atoms with Crippen LogP contribution in [-0.4, -0.2) is 24.1 Å². The summed E-state index contributed by atoms with van der Waals surface area (Å²) >= 11 is 2.30. The van der Waals surface area contributed by atoms with Gasteiger partial charge in [-0.05, 0) is 22.9 Å². The minimum Gasteiger partial charge on any atom is -0.495 e. The topological polar surface area (TPSA) is 75.6 Å². The molecule has 2 aromatic heterocycles. The number of methoxy groups -OCH3 is 1. The molecule has 0 radical (unpaired) electrons. The van der Waals surface area contributed by atoms with E-state index in [1.54, 1.807) is 22.9 Å². The van der Waals surface area contributed by atoms with E-state index in [9.17, 15) is 9.59 Å². The number of carbonyl (C=O) groups is 2. The van der Waals surface area contributed by atoms with E-state index in [1.807, 2.05) is 0 Å². The largest absolute Gasteiger partial charge is 0.495 e. The molecular weight excluding hydrogens is 274 g/mol. The molecule has 5 nitrogen and oxygen atoms in total. The summed E-state index contributed by atoms with van der Waals surface area (Å²) in [4.78, 5) is 23.4. The third-order valence-corrected chi connectivity index (χ3v) is 3.96. The van der Waals surface area contributed by atoms with Gasteiger partial charge in [-0.25, -0.2) is 4.79 Å². The molecule has 0 spiro atoms. The molecule has 0 bridgehead atoms. The number of rotatable bonds is 4.